The number of rotatable bonds is 29. The van der Waals surface area contributed by atoms with Crippen molar-refractivity contribution >= 4 is 24.2 Å². The molecule has 0 radical (unpaired) electrons. The maximum atomic E-state index is 13.0. The zero-order valence-corrected chi connectivity index (χ0v) is 56.5. The predicted molar refractivity (Wildman–Crippen MR) is 323 cm³/mol. The number of amides is 3. The summed E-state index contributed by atoms with van der Waals surface area (Å²) in [4.78, 5) is 49.8. The molecule has 17 unspecified atom stereocenters. The Hall–Kier alpha value is -3.60. The normalized spacial score (nSPS) is 47.9. The minimum atomic E-state index is -2.63. The zero-order valence-electron chi connectivity index (χ0n) is 56.5. The predicted octanol–water partition coefficient (Wildman–Crippen LogP) is -16.4. The molecule has 45 heteroatoms. The summed E-state index contributed by atoms with van der Waals surface area (Å²) in [7, 11) is 0. The number of carbonyl (C=O) groups excluding carboxylic acids is 4. The van der Waals surface area contributed by atoms with Crippen LogP contribution in [0.15, 0.2) is 0 Å². The highest BCUT2D eigenvalue weighted by Gasteiger charge is 2.60. The minimum absolute atomic E-state index is 0.175. The largest absolute Gasteiger partial charge is 0.410 e. The van der Waals surface area contributed by atoms with Crippen molar-refractivity contribution in [2.24, 2.45) is 5.92 Å². The third kappa shape index (κ3) is 19.0. The van der Waals surface area contributed by atoms with Gasteiger partial charge in [-0.05, 0) is 6.92 Å². The van der Waals surface area contributed by atoms with Crippen molar-refractivity contribution in [2.75, 3.05) is 52.9 Å². The van der Waals surface area contributed by atoms with Gasteiger partial charge in [-0.15, -0.1) is 0 Å². The van der Waals surface area contributed by atoms with E-state index in [2.05, 4.69) is 16.0 Å². The number of aliphatic hydroxyl groups is 22. The van der Waals surface area contributed by atoms with Gasteiger partial charge in [-0.25, -0.2) is 0 Å². The average molecular weight is 1520 g/mol. The van der Waals surface area contributed by atoms with E-state index < -0.39 is 328 Å². The Morgan fingerprint density at radius 2 is 0.827 bits per heavy atom. The van der Waals surface area contributed by atoms with E-state index in [1.165, 1.54) is 13.8 Å². The molecule has 0 aromatic carbocycles. The number of ether oxygens (including phenoxy) is 16. The second kappa shape index (κ2) is 37.4. The first kappa shape index (κ1) is 86.0. The highest BCUT2D eigenvalue weighted by atomic mass is 16.9. The third-order valence-corrected chi connectivity index (χ3v) is 19.3. The Bertz CT molecular complexity index is 2710. The van der Waals surface area contributed by atoms with Crippen LogP contribution in [-0.4, -0.2) is 434 Å². The van der Waals surface area contributed by atoms with Gasteiger partial charge in [0.05, 0.1) is 83.6 Å². The molecule has 0 aromatic heterocycles. The van der Waals surface area contributed by atoms with E-state index in [0.29, 0.717) is 0 Å². The molecule has 8 heterocycles. The van der Waals surface area contributed by atoms with Crippen LogP contribution in [0, 0.1) is 5.92 Å². The third-order valence-electron chi connectivity index (χ3n) is 19.3. The molecule has 602 valence electrons. The number of nitrogens with one attached hydrogen (secondary N) is 3. The summed E-state index contributed by atoms with van der Waals surface area (Å²) in [6.45, 7) is -2.40. The molecule has 0 aromatic rings. The average Bonchev–Trinajstić information content (AvgIpc) is 0.771. The van der Waals surface area contributed by atoms with Gasteiger partial charge in [-0.3, -0.25) is 19.2 Å². The first-order valence-corrected chi connectivity index (χ1v) is 33.4. The minimum Gasteiger partial charge on any atom is -0.410 e. The number of aliphatic hydroxyl groups excluding tert-OH is 22. The lowest BCUT2D eigenvalue weighted by molar-refractivity contribution is -0.424. The molecule has 0 aliphatic carbocycles. The highest BCUT2D eigenvalue weighted by molar-refractivity contribution is 5.74. The molecule has 0 spiro atoms. The Balaban J connectivity index is 1.06. The lowest BCUT2D eigenvalue weighted by atomic mass is 9.87. The van der Waals surface area contributed by atoms with Crippen LogP contribution in [0.1, 0.15) is 41.0 Å². The number of hydrogen-bond acceptors (Lipinski definition) is 42. The van der Waals surface area contributed by atoms with Crippen molar-refractivity contribution in [3.8, 4) is 0 Å². The summed E-state index contributed by atoms with van der Waals surface area (Å²) in [5.41, 5.74) is 0. The molecule has 3 amide bonds. The van der Waals surface area contributed by atoms with Crippen molar-refractivity contribution < 1.29 is 207 Å². The summed E-state index contributed by atoms with van der Waals surface area (Å²) in [5.74, 6) is -6.07. The van der Waals surface area contributed by atoms with Crippen LogP contribution in [0.3, 0.4) is 0 Å². The molecule has 41 atom stereocenters. The van der Waals surface area contributed by atoms with Crippen molar-refractivity contribution in [1.82, 2.24) is 16.0 Å². The molecule has 45 nitrogen and oxygen atoms in total. The van der Waals surface area contributed by atoms with E-state index in [1.54, 1.807) is 0 Å². The standard InChI is InChI=1S/C59H99N3O42/c1-16-21(73)6-59(91-15-69,104-47(16)33(75)22(74)7-63)90-14-29-36(78)42(84)45(87)56(98-29)100-49-26(11-67)96-54(32(40(49)82)62-20(5)72)103-52-43(85)35(77)24(9-65)94-58(52)102-51-37(79)28(13-89-55-44(86)41(83)34(76)23(8-64)93-55)97-57(46(51)88)101-50-27(12-68)95-53(31(39(50)81)61-19(4)71)99-48-25(10-66)92-17(2)30(38(48)80)60-18(3)70/h15-17,21-58,63-68,73-88H,6-14H2,1-5H3,(H,60,70)(H,61,71)(H,62,72)/t16-,17+,21?,22-,23?,24-,25?,26?,27?,28?,29?,30?,31?,32?,33-,34-,35-,36+,37-,38-,39-,40-,41+,42+,43?,44?,45?,46?,47?,48-,49-,50-,51+,52?,53+,54+,55+,56+,57+,58?,59+/m1/s1. The van der Waals surface area contributed by atoms with Gasteiger partial charge in [0.15, 0.2) is 37.7 Å². The van der Waals surface area contributed by atoms with Gasteiger partial charge in [-0.2, -0.15) is 0 Å². The second-order valence-corrected chi connectivity index (χ2v) is 26.6. The summed E-state index contributed by atoms with van der Waals surface area (Å²) in [6, 6.07) is -4.94. The molecule has 0 bridgehead atoms. The van der Waals surface area contributed by atoms with Crippen molar-refractivity contribution in [3.05, 3.63) is 0 Å². The number of hydrogen-bond donors (Lipinski definition) is 25. The molecule has 8 saturated heterocycles. The van der Waals surface area contributed by atoms with E-state index >= 15 is 0 Å². The maximum absolute atomic E-state index is 13.0. The van der Waals surface area contributed by atoms with Crippen LogP contribution in [0.5, 0.6) is 0 Å². The molecule has 8 fully saturated rings. The topological polar surface area (TPSA) is 697 Å². The Kier molecular flexibility index (Phi) is 30.9. The van der Waals surface area contributed by atoms with E-state index in [-0.39, 0.29) is 6.47 Å². The van der Waals surface area contributed by atoms with Crippen LogP contribution in [0.4, 0.5) is 0 Å². The van der Waals surface area contributed by atoms with Gasteiger partial charge in [-0.1, -0.05) is 6.92 Å². The fourth-order valence-electron chi connectivity index (χ4n) is 13.5. The van der Waals surface area contributed by atoms with E-state index in [1.807, 2.05) is 0 Å². The lowest BCUT2D eigenvalue weighted by Gasteiger charge is -2.51. The highest BCUT2D eigenvalue weighted by Crippen LogP contribution is 2.41. The molecule has 104 heavy (non-hydrogen) atoms. The SMILES string of the molecule is CC(=O)NC1[C@H](OC2C(O[C@@H]3C(O)[C@H](O[C@@H]4C(CO)O[C@@H](O[C@@H]5C(CO)O[C@@H](C)C(NC(C)=O)[C@H]5O)C(NC(C)=O)[C@H]4O)OC(CO[C@H]4OC(CO)[C@@H](O)[C@H](O)C4O)[C@H]3O)O[C@H](CO)[C@@H](O)C2O)OC(CO)[C@@H](O[C@@H]2OC(CO[C@]3(OC=O)CC(O)[C@@H](C)C([C@H](O)[C@H](O)CO)O3)[C@H](O)[C@H](O)C2O)[C@@H]1O. The number of carbonyl (C=O) groups is 4. The van der Waals surface area contributed by atoms with E-state index in [4.69, 9.17) is 75.8 Å². The summed E-state index contributed by atoms with van der Waals surface area (Å²) < 4.78 is 93.8. The van der Waals surface area contributed by atoms with Crippen LogP contribution >= 0.6 is 0 Å². The van der Waals surface area contributed by atoms with E-state index in [0.717, 1.165) is 20.8 Å². The second-order valence-electron chi connectivity index (χ2n) is 26.6. The fraction of sp³-hybridized carbons (Fsp3) is 0.932. The Morgan fingerprint density at radius 3 is 1.32 bits per heavy atom. The Morgan fingerprint density at radius 1 is 0.433 bits per heavy atom. The summed E-state index contributed by atoms with van der Waals surface area (Å²) in [6.07, 6.45) is -71.9. The lowest BCUT2D eigenvalue weighted by Crippen LogP contribution is -2.71. The van der Waals surface area contributed by atoms with Gasteiger partial charge in [0, 0.05) is 26.7 Å². The van der Waals surface area contributed by atoms with Gasteiger partial charge >= 0.3 is 5.97 Å². The monoisotopic (exact) mass is 1520 g/mol. The fourth-order valence-corrected chi connectivity index (χ4v) is 13.5. The molecule has 8 aliphatic rings. The molecule has 8 aliphatic heterocycles. The van der Waals surface area contributed by atoms with Crippen molar-refractivity contribution in [2.45, 2.75) is 286 Å². The van der Waals surface area contributed by atoms with Gasteiger partial charge < -0.3 is 204 Å². The first-order valence-electron chi connectivity index (χ1n) is 33.4. The van der Waals surface area contributed by atoms with Gasteiger partial charge in [0.2, 0.25) is 17.7 Å². The van der Waals surface area contributed by atoms with Crippen LogP contribution in [0.2, 0.25) is 0 Å². The smallest absolute Gasteiger partial charge is 0.332 e. The van der Waals surface area contributed by atoms with E-state index in [9.17, 15) is 132 Å². The van der Waals surface area contributed by atoms with Crippen LogP contribution in [0.25, 0.3) is 0 Å². The molecular formula is C59H99N3O42. The Labute approximate surface area is 590 Å². The molecule has 0 saturated carbocycles. The van der Waals surface area contributed by atoms with Gasteiger partial charge in [0.1, 0.15) is 177 Å². The van der Waals surface area contributed by atoms with Gasteiger partial charge in [0.25, 0.3) is 6.47 Å². The van der Waals surface area contributed by atoms with Crippen LogP contribution in [-0.2, 0) is 95.0 Å². The van der Waals surface area contributed by atoms with Crippen LogP contribution < -0.4 is 16.0 Å². The summed E-state index contributed by atoms with van der Waals surface area (Å²) >= 11 is 0. The van der Waals surface area contributed by atoms with Crippen molar-refractivity contribution in [1.29, 1.82) is 0 Å². The molecular weight excluding hydrogens is 1420 g/mol. The van der Waals surface area contributed by atoms with Crippen molar-refractivity contribution in [3.63, 3.8) is 0 Å². The zero-order chi connectivity index (χ0) is 76.8. The quantitative estimate of drug-likeness (QED) is 0.0244. The molecule has 8 rings (SSSR count). The molecule has 25 N–H and O–H groups in total. The maximum Gasteiger partial charge on any atom is 0.332 e. The first-order chi connectivity index (χ1) is 49.1. The summed E-state index contributed by atoms with van der Waals surface area (Å²) in [5, 5.41) is 250.